The molecule has 29 heavy (non-hydrogen) atoms. The third-order valence-electron chi connectivity index (χ3n) is 4.93. The maximum atomic E-state index is 12.0. The number of amides is 1. The number of ether oxygens (including phenoxy) is 1. The zero-order chi connectivity index (χ0) is 21.0. The second-order valence-electron chi connectivity index (χ2n) is 7.24. The fraction of sp³-hybridized carbons (Fsp3) is 0.250. The Morgan fingerprint density at radius 1 is 1.28 bits per heavy atom. The van der Waals surface area contributed by atoms with Gasteiger partial charge in [0.15, 0.2) is 0 Å². The van der Waals surface area contributed by atoms with Gasteiger partial charge in [0.05, 0.1) is 7.11 Å². The first-order valence-electron chi connectivity index (χ1n) is 9.58. The fourth-order valence-corrected chi connectivity index (χ4v) is 3.24. The molecule has 0 bridgehead atoms. The number of H-pyrrole nitrogens is 1. The predicted molar refractivity (Wildman–Crippen MR) is 119 cm³/mol. The van der Waals surface area contributed by atoms with Crippen LogP contribution in [0.4, 0.5) is 0 Å². The zero-order valence-corrected chi connectivity index (χ0v) is 17.6. The maximum absolute atomic E-state index is 12.0. The molecule has 1 amide bonds. The molecule has 1 N–H and O–H groups in total. The maximum Gasteiger partial charge on any atom is 0.248 e. The predicted octanol–water partition coefficient (Wildman–Crippen LogP) is 4.87. The second-order valence-corrected chi connectivity index (χ2v) is 7.24. The Kier molecular flexibility index (Phi) is 6.17. The Morgan fingerprint density at radius 2 is 2.07 bits per heavy atom. The molecule has 1 aliphatic carbocycles. The van der Waals surface area contributed by atoms with Gasteiger partial charge < -0.3 is 14.6 Å². The van der Waals surface area contributed by atoms with E-state index in [9.17, 15) is 4.79 Å². The van der Waals surface area contributed by atoms with E-state index in [4.69, 9.17) is 4.74 Å². The van der Waals surface area contributed by atoms with Crippen molar-refractivity contribution in [2.24, 2.45) is 0 Å². The number of pyridine rings is 1. The van der Waals surface area contributed by atoms with E-state index in [2.05, 4.69) is 40.3 Å². The van der Waals surface area contributed by atoms with Crippen LogP contribution in [0.25, 0.3) is 22.2 Å². The molecule has 2 aromatic rings. The summed E-state index contributed by atoms with van der Waals surface area (Å²) in [4.78, 5) is 21.4. The summed E-state index contributed by atoms with van der Waals surface area (Å²) in [6.45, 7) is 3.84. The Hall–Kier alpha value is -3.34. The van der Waals surface area contributed by atoms with Gasteiger partial charge in [-0.1, -0.05) is 30.4 Å². The number of hydrogen-bond donors (Lipinski definition) is 1. The number of carbonyl (C=O) groups is 1. The molecular weight excluding hydrogens is 362 g/mol. The van der Waals surface area contributed by atoms with E-state index in [0.29, 0.717) is 5.57 Å². The van der Waals surface area contributed by atoms with Crippen LogP contribution in [0.15, 0.2) is 66.2 Å². The summed E-state index contributed by atoms with van der Waals surface area (Å²) in [5.41, 5.74) is 5.64. The lowest BCUT2D eigenvalue weighted by Gasteiger charge is -2.10. The molecule has 0 aliphatic heterocycles. The number of methoxy groups -OCH3 is 1. The van der Waals surface area contributed by atoms with Gasteiger partial charge in [-0.05, 0) is 43.5 Å². The van der Waals surface area contributed by atoms with E-state index in [1.54, 1.807) is 26.1 Å². The third-order valence-corrected chi connectivity index (χ3v) is 4.93. The summed E-state index contributed by atoms with van der Waals surface area (Å²) in [5.74, 6) is 0.858. The summed E-state index contributed by atoms with van der Waals surface area (Å²) >= 11 is 0. The van der Waals surface area contributed by atoms with Crippen molar-refractivity contribution in [3.05, 3.63) is 77.4 Å². The van der Waals surface area contributed by atoms with Gasteiger partial charge in [0, 0.05) is 48.6 Å². The highest BCUT2D eigenvalue weighted by atomic mass is 16.5. The molecule has 1 aliphatic rings. The number of aromatic nitrogens is 2. The van der Waals surface area contributed by atoms with Crippen LogP contribution in [0.3, 0.4) is 0 Å². The number of nitrogens with one attached hydrogen (secondary N) is 1. The third kappa shape index (κ3) is 4.40. The van der Waals surface area contributed by atoms with E-state index in [0.717, 1.165) is 45.5 Å². The average molecular weight is 389 g/mol. The van der Waals surface area contributed by atoms with Crippen LogP contribution in [0.2, 0.25) is 0 Å². The second kappa shape index (κ2) is 8.78. The summed E-state index contributed by atoms with van der Waals surface area (Å²) in [6.07, 6.45) is 16.8. The largest absolute Gasteiger partial charge is 0.496 e. The van der Waals surface area contributed by atoms with Crippen molar-refractivity contribution < 1.29 is 9.53 Å². The molecule has 2 heterocycles. The number of carbonyl (C=O) groups excluding carboxylic acids is 1. The normalized spacial score (nSPS) is 15.1. The van der Waals surface area contributed by atoms with E-state index >= 15 is 0 Å². The van der Waals surface area contributed by atoms with Crippen molar-refractivity contribution in [2.45, 2.75) is 20.3 Å². The highest BCUT2D eigenvalue weighted by molar-refractivity contribution is 5.96. The number of rotatable bonds is 5. The topological polar surface area (TPSA) is 58.2 Å². The number of fused-ring (bicyclic) bond motifs is 1. The van der Waals surface area contributed by atoms with Crippen molar-refractivity contribution in [1.29, 1.82) is 0 Å². The fourth-order valence-electron chi connectivity index (χ4n) is 3.24. The minimum absolute atomic E-state index is 0.00258. The quantitative estimate of drug-likeness (QED) is 0.586. The summed E-state index contributed by atoms with van der Waals surface area (Å²) in [7, 11) is 5.20. The highest BCUT2D eigenvalue weighted by Gasteiger charge is 2.15. The van der Waals surface area contributed by atoms with Crippen molar-refractivity contribution >= 4 is 28.1 Å². The summed E-state index contributed by atoms with van der Waals surface area (Å²) in [6, 6.07) is 2.12. The zero-order valence-electron chi connectivity index (χ0n) is 17.6. The first-order chi connectivity index (χ1) is 13.9. The highest BCUT2D eigenvalue weighted by Crippen LogP contribution is 2.32. The van der Waals surface area contributed by atoms with Crippen LogP contribution in [0, 0.1) is 0 Å². The molecule has 0 fully saturated rings. The van der Waals surface area contributed by atoms with Crippen LogP contribution >= 0.6 is 0 Å². The smallest absolute Gasteiger partial charge is 0.248 e. The Labute approximate surface area is 171 Å². The molecular formula is C24H27N3O2. The average Bonchev–Trinajstić information content (AvgIpc) is 2.99. The lowest BCUT2D eigenvalue weighted by molar-refractivity contribution is -0.124. The van der Waals surface area contributed by atoms with Crippen molar-refractivity contribution in [3.63, 3.8) is 0 Å². The minimum atomic E-state index is 0.00258. The molecule has 0 radical (unpaired) electrons. The van der Waals surface area contributed by atoms with Gasteiger partial charge in [-0.25, -0.2) is 4.98 Å². The molecule has 0 saturated carbocycles. The van der Waals surface area contributed by atoms with E-state index in [1.165, 1.54) is 0 Å². The molecule has 2 aromatic heterocycles. The van der Waals surface area contributed by atoms with E-state index in [-0.39, 0.29) is 5.91 Å². The van der Waals surface area contributed by atoms with Crippen LogP contribution < -0.4 is 0 Å². The molecule has 0 saturated heterocycles. The SMILES string of the molecule is COC1=CCC=CC=C1c1c[nH]c2ncc(/C(C)=C/C=C(\C)C(=O)N(C)C)cc12. The molecule has 0 spiro atoms. The Bertz CT molecular complexity index is 1080. The number of likely N-dealkylation sites (N-methyl/N-ethyl adjacent to an activating group) is 1. The van der Waals surface area contributed by atoms with Crippen LogP contribution in [0.1, 0.15) is 31.4 Å². The van der Waals surface area contributed by atoms with Crippen molar-refractivity contribution in [1.82, 2.24) is 14.9 Å². The first-order valence-corrected chi connectivity index (χ1v) is 9.58. The minimum Gasteiger partial charge on any atom is -0.496 e. The molecule has 150 valence electrons. The monoisotopic (exact) mass is 389 g/mol. The lowest BCUT2D eigenvalue weighted by Crippen LogP contribution is -2.22. The molecule has 0 aromatic carbocycles. The summed E-state index contributed by atoms with van der Waals surface area (Å²) in [5, 5.41) is 1.03. The number of hydrogen-bond acceptors (Lipinski definition) is 3. The molecule has 0 atom stereocenters. The van der Waals surface area contributed by atoms with Gasteiger partial charge in [-0.3, -0.25) is 4.79 Å². The van der Waals surface area contributed by atoms with Gasteiger partial charge >= 0.3 is 0 Å². The lowest BCUT2D eigenvalue weighted by atomic mass is 10.0. The van der Waals surface area contributed by atoms with E-state index in [1.807, 2.05) is 38.4 Å². The number of allylic oxidation sites excluding steroid dienone is 8. The van der Waals surface area contributed by atoms with Crippen LogP contribution in [-0.2, 0) is 9.53 Å². The van der Waals surface area contributed by atoms with Gasteiger partial charge in [-0.15, -0.1) is 0 Å². The molecule has 5 heteroatoms. The van der Waals surface area contributed by atoms with Crippen LogP contribution in [0.5, 0.6) is 0 Å². The Balaban J connectivity index is 2.00. The molecule has 0 unspecified atom stereocenters. The number of aromatic amines is 1. The van der Waals surface area contributed by atoms with Crippen LogP contribution in [-0.4, -0.2) is 42.0 Å². The first kappa shape index (κ1) is 20.4. The van der Waals surface area contributed by atoms with E-state index < -0.39 is 0 Å². The number of nitrogens with zero attached hydrogens (tertiary/aromatic N) is 2. The van der Waals surface area contributed by atoms with Gasteiger partial charge in [0.25, 0.3) is 0 Å². The summed E-state index contributed by atoms with van der Waals surface area (Å²) < 4.78 is 5.60. The van der Waals surface area contributed by atoms with Gasteiger partial charge in [0.2, 0.25) is 5.91 Å². The van der Waals surface area contributed by atoms with Crippen molar-refractivity contribution in [2.75, 3.05) is 21.2 Å². The van der Waals surface area contributed by atoms with Gasteiger partial charge in [0.1, 0.15) is 11.4 Å². The van der Waals surface area contributed by atoms with Gasteiger partial charge in [-0.2, -0.15) is 0 Å². The van der Waals surface area contributed by atoms with Crippen molar-refractivity contribution in [3.8, 4) is 0 Å². The Morgan fingerprint density at radius 3 is 2.79 bits per heavy atom. The molecule has 5 nitrogen and oxygen atoms in total. The standard InChI is InChI=1S/C24H27N3O2/c1-16(11-12-17(2)24(28)27(3)4)18-13-20-21(15-26-23(20)25-14-18)19-9-7-6-8-10-22(19)29-5/h6-7,9-15H,8H2,1-5H3,(H,25,26)/b16-11+,17-12+. The molecule has 3 rings (SSSR count).